The molecule has 0 unspecified atom stereocenters. The number of rotatable bonds is 6. The van der Waals surface area contributed by atoms with Crippen LogP contribution in [0.3, 0.4) is 0 Å². The normalized spacial score (nSPS) is 13.3. The summed E-state index contributed by atoms with van der Waals surface area (Å²) in [5.74, 6) is -0.263. The number of carbonyl (C=O) groups excluding carboxylic acids is 1. The number of carbonyl (C=O) groups is 1. The highest BCUT2D eigenvalue weighted by Crippen LogP contribution is 2.35. The molecule has 36 heavy (non-hydrogen) atoms. The highest BCUT2D eigenvalue weighted by atomic mass is 79.9. The fraction of sp³-hybridized carbons (Fsp3) is 0.231. The summed E-state index contributed by atoms with van der Waals surface area (Å²) in [5, 5.41) is 15.0. The molecule has 0 fully saturated rings. The average Bonchev–Trinajstić information content (AvgIpc) is 3.24. The van der Waals surface area contributed by atoms with Crippen LogP contribution in [0.5, 0.6) is 5.75 Å². The number of halogens is 1. The van der Waals surface area contributed by atoms with Crippen molar-refractivity contribution in [2.45, 2.75) is 37.8 Å². The molecule has 5 rings (SSSR count). The Morgan fingerprint density at radius 1 is 1.25 bits per heavy atom. The molecule has 184 valence electrons. The van der Waals surface area contributed by atoms with Crippen molar-refractivity contribution in [2.24, 2.45) is 5.10 Å². The average molecular weight is 584 g/mol. The van der Waals surface area contributed by atoms with E-state index >= 15 is 0 Å². The highest BCUT2D eigenvalue weighted by molar-refractivity contribution is 9.10. The van der Waals surface area contributed by atoms with Gasteiger partial charge in [-0.25, -0.2) is 10.4 Å². The van der Waals surface area contributed by atoms with Crippen molar-refractivity contribution < 1.29 is 9.90 Å². The first-order chi connectivity index (χ1) is 17.4. The Kier molecular flexibility index (Phi) is 7.27. The van der Waals surface area contributed by atoms with Gasteiger partial charge in [-0.15, -0.1) is 11.3 Å². The van der Waals surface area contributed by atoms with Gasteiger partial charge in [0.2, 0.25) is 0 Å². The van der Waals surface area contributed by atoms with Crippen LogP contribution in [0.15, 0.2) is 62.0 Å². The van der Waals surface area contributed by atoms with Gasteiger partial charge < -0.3 is 5.11 Å². The maximum Gasteiger partial charge on any atom is 0.267 e. The lowest BCUT2D eigenvalue weighted by atomic mass is 9.97. The molecule has 0 radical (unpaired) electrons. The number of fused-ring (bicyclic) bond motifs is 3. The van der Waals surface area contributed by atoms with Gasteiger partial charge >= 0.3 is 0 Å². The number of hydrazone groups is 1. The predicted molar refractivity (Wildman–Crippen MR) is 149 cm³/mol. The van der Waals surface area contributed by atoms with E-state index in [0.717, 1.165) is 51.8 Å². The highest BCUT2D eigenvalue weighted by Gasteiger charge is 2.23. The summed E-state index contributed by atoms with van der Waals surface area (Å²) in [5.41, 5.74) is 5.82. The number of thioether (sulfide) groups is 1. The minimum atomic E-state index is -0.346. The van der Waals surface area contributed by atoms with Crippen LogP contribution >= 0.6 is 39.0 Å². The van der Waals surface area contributed by atoms with Gasteiger partial charge in [0.25, 0.3) is 11.5 Å². The molecule has 1 aliphatic rings. The van der Waals surface area contributed by atoms with Crippen LogP contribution < -0.4 is 11.0 Å². The molecule has 2 aromatic carbocycles. The van der Waals surface area contributed by atoms with Crippen molar-refractivity contribution in [3.63, 3.8) is 0 Å². The number of nitrogens with one attached hydrogen (secondary N) is 1. The fourth-order valence-corrected chi connectivity index (χ4v) is 6.66. The number of phenolic OH excluding ortho intramolecular Hbond substituents is 1. The molecular weight excluding hydrogens is 560 g/mol. The standard InChI is InChI=1S/C26H23BrN4O3S2/c1-15-6-9-18(10-7-15)31-25(34)23-19-4-2-3-5-21(19)36-24(23)29-26(31)35-14-22(33)30-28-13-16-12-17(27)8-11-20(16)32/h6-13,32H,2-5,14H2,1H3,(H,30,33)/b28-13+. The molecule has 0 spiro atoms. The van der Waals surface area contributed by atoms with E-state index in [2.05, 4.69) is 26.5 Å². The van der Waals surface area contributed by atoms with Crippen molar-refractivity contribution in [2.75, 3.05) is 5.75 Å². The first-order valence-electron chi connectivity index (χ1n) is 11.5. The molecular formula is C26H23BrN4O3S2. The third-order valence-corrected chi connectivity index (χ3v) is 8.58. The molecule has 2 N–H and O–H groups in total. The minimum absolute atomic E-state index is 0.0245. The van der Waals surface area contributed by atoms with Crippen LogP contribution in [-0.4, -0.2) is 32.5 Å². The van der Waals surface area contributed by atoms with Crippen LogP contribution in [0.25, 0.3) is 15.9 Å². The summed E-state index contributed by atoms with van der Waals surface area (Å²) in [6.45, 7) is 2.00. The van der Waals surface area contributed by atoms with Gasteiger partial charge in [-0.1, -0.05) is 45.4 Å². The Bertz CT molecular complexity index is 1540. The Labute approximate surface area is 224 Å². The lowest BCUT2D eigenvalue weighted by molar-refractivity contribution is -0.118. The zero-order valence-corrected chi connectivity index (χ0v) is 22.7. The van der Waals surface area contributed by atoms with Crippen LogP contribution in [0.4, 0.5) is 0 Å². The molecule has 10 heteroatoms. The number of aromatic nitrogens is 2. The summed E-state index contributed by atoms with van der Waals surface area (Å²) in [4.78, 5) is 33.1. The summed E-state index contributed by atoms with van der Waals surface area (Å²) < 4.78 is 2.40. The number of aromatic hydroxyl groups is 1. The van der Waals surface area contributed by atoms with Crippen LogP contribution in [0.2, 0.25) is 0 Å². The Morgan fingerprint density at radius 3 is 2.83 bits per heavy atom. The van der Waals surface area contributed by atoms with E-state index < -0.39 is 0 Å². The minimum Gasteiger partial charge on any atom is -0.507 e. The molecule has 7 nitrogen and oxygen atoms in total. The molecule has 0 bridgehead atoms. The van der Waals surface area contributed by atoms with Crippen molar-refractivity contribution in [1.82, 2.24) is 15.0 Å². The summed E-state index contributed by atoms with van der Waals surface area (Å²) in [6.07, 6.45) is 5.48. The molecule has 2 aromatic heterocycles. The van der Waals surface area contributed by atoms with Gasteiger partial charge in [0.1, 0.15) is 10.6 Å². The summed E-state index contributed by atoms with van der Waals surface area (Å²) >= 11 is 6.13. The summed E-state index contributed by atoms with van der Waals surface area (Å²) in [6, 6.07) is 12.7. The largest absolute Gasteiger partial charge is 0.507 e. The Hall–Kier alpha value is -2.95. The van der Waals surface area contributed by atoms with Gasteiger partial charge in [0.05, 0.1) is 23.0 Å². The number of nitrogens with zero attached hydrogens (tertiary/aromatic N) is 3. The Balaban J connectivity index is 1.43. The van der Waals surface area contributed by atoms with Gasteiger partial charge in [-0.2, -0.15) is 5.10 Å². The van der Waals surface area contributed by atoms with Crippen LogP contribution in [0, 0.1) is 6.92 Å². The van der Waals surface area contributed by atoms with E-state index in [1.807, 2.05) is 31.2 Å². The molecule has 4 aromatic rings. The molecule has 0 saturated heterocycles. The molecule has 1 amide bonds. The molecule has 0 aliphatic heterocycles. The van der Waals surface area contributed by atoms with Crippen molar-refractivity contribution in [3.8, 4) is 11.4 Å². The fourth-order valence-electron chi connectivity index (χ4n) is 4.17. The van der Waals surface area contributed by atoms with Crippen LogP contribution in [0.1, 0.15) is 34.4 Å². The number of hydrogen-bond donors (Lipinski definition) is 2. The maximum atomic E-state index is 13.8. The van der Waals surface area contributed by atoms with E-state index in [1.165, 1.54) is 28.9 Å². The van der Waals surface area contributed by atoms with E-state index in [0.29, 0.717) is 16.1 Å². The zero-order chi connectivity index (χ0) is 25.2. The number of aryl methyl sites for hydroxylation is 3. The third kappa shape index (κ3) is 5.11. The van der Waals surface area contributed by atoms with E-state index in [4.69, 9.17) is 4.98 Å². The monoisotopic (exact) mass is 582 g/mol. The lowest BCUT2D eigenvalue weighted by Crippen LogP contribution is -2.24. The number of thiophene rings is 1. The first-order valence-corrected chi connectivity index (χ1v) is 14.1. The van der Waals surface area contributed by atoms with Crippen molar-refractivity contribution in [1.29, 1.82) is 0 Å². The molecule has 0 saturated carbocycles. The van der Waals surface area contributed by atoms with Crippen molar-refractivity contribution in [3.05, 3.63) is 78.9 Å². The van der Waals surface area contributed by atoms with E-state index in [-0.39, 0.29) is 23.0 Å². The Morgan fingerprint density at radius 2 is 2.03 bits per heavy atom. The van der Waals surface area contributed by atoms with E-state index in [9.17, 15) is 14.7 Å². The quantitative estimate of drug-likeness (QED) is 0.138. The second kappa shape index (κ2) is 10.6. The second-order valence-corrected chi connectivity index (χ2v) is 11.5. The molecule has 1 aliphatic carbocycles. The number of hydrogen-bond acceptors (Lipinski definition) is 7. The van der Waals surface area contributed by atoms with E-state index in [1.54, 1.807) is 28.0 Å². The topological polar surface area (TPSA) is 96.6 Å². The number of benzene rings is 2. The number of phenols is 1. The maximum absolute atomic E-state index is 13.8. The second-order valence-electron chi connectivity index (χ2n) is 8.55. The summed E-state index contributed by atoms with van der Waals surface area (Å²) in [7, 11) is 0. The lowest BCUT2D eigenvalue weighted by Gasteiger charge is -2.13. The molecule has 2 heterocycles. The molecule has 0 atom stereocenters. The van der Waals surface area contributed by atoms with Crippen molar-refractivity contribution >= 4 is 61.4 Å². The smallest absolute Gasteiger partial charge is 0.267 e. The zero-order valence-electron chi connectivity index (χ0n) is 19.5. The van der Waals surface area contributed by atoms with Gasteiger partial charge in [-0.3, -0.25) is 14.2 Å². The third-order valence-electron chi connectivity index (χ3n) is 5.97. The van der Waals surface area contributed by atoms with Gasteiger partial charge in [0.15, 0.2) is 5.16 Å². The first kappa shape index (κ1) is 24.7. The predicted octanol–water partition coefficient (Wildman–Crippen LogP) is 5.34. The SMILES string of the molecule is Cc1ccc(-n2c(SCC(=O)N/N=C/c3cc(Br)ccc3O)nc3sc4c(c3c2=O)CCCC4)cc1. The van der Waals surface area contributed by atoms with Gasteiger partial charge in [0, 0.05) is 14.9 Å². The van der Waals surface area contributed by atoms with Gasteiger partial charge in [-0.05, 0) is 68.5 Å². The number of amides is 1. The van der Waals surface area contributed by atoms with Crippen LogP contribution in [-0.2, 0) is 17.6 Å².